The van der Waals surface area contributed by atoms with Crippen LogP contribution in [0.25, 0.3) is 5.52 Å². The highest BCUT2D eigenvalue weighted by atomic mass is 79.9. The van der Waals surface area contributed by atoms with Crippen LogP contribution in [0.3, 0.4) is 0 Å². The van der Waals surface area contributed by atoms with Gasteiger partial charge in [-0.3, -0.25) is 0 Å². The molecule has 1 N–H and O–H groups in total. The summed E-state index contributed by atoms with van der Waals surface area (Å²) in [4.78, 5) is 10.6. The Morgan fingerprint density at radius 2 is 2.38 bits per heavy atom. The van der Waals surface area contributed by atoms with Gasteiger partial charge in [0.25, 0.3) is 0 Å². The highest BCUT2D eigenvalue weighted by molar-refractivity contribution is 9.10. The Bertz CT molecular complexity index is 478. The molecule has 2 aromatic rings. The molecule has 0 aliphatic carbocycles. The molecule has 4 nitrogen and oxygen atoms in total. The molecule has 0 saturated carbocycles. The van der Waals surface area contributed by atoms with E-state index in [1.54, 1.807) is 12.3 Å². The number of carboxylic acid groups (broad SMARTS) is 1. The number of carbonyl (C=O) groups is 1. The lowest BCUT2D eigenvalue weighted by Gasteiger charge is -1.92. The molecule has 0 aliphatic heterocycles. The maximum absolute atomic E-state index is 10.6. The number of nitrogens with zero attached hydrogens (tertiary/aromatic N) is 2. The minimum absolute atomic E-state index is 0.0481. The van der Waals surface area contributed by atoms with E-state index in [1.165, 1.54) is 10.6 Å². The first kappa shape index (κ1) is 8.25. The first-order valence-corrected chi connectivity index (χ1v) is 4.35. The summed E-state index contributed by atoms with van der Waals surface area (Å²) in [6.45, 7) is 0. The molecule has 0 atom stereocenters. The van der Waals surface area contributed by atoms with Gasteiger partial charge in [-0.2, -0.15) is 5.10 Å². The number of hydrogen-bond donors (Lipinski definition) is 1. The van der Waals surface area contributed by atoms with Crippen molar-refractivity contribution in [3.8, 4) is 0 Å². The molecule has 0 bridgehead atoms. The fraction of sp³-hybridized carbons (Fsp3) is 0. The highest BCUT2D eigenvalue weighted by Crippen LogP contribution is 2.17. The predicted molar refractivity (Wildman–Crippen MR) is 49.9 cm³/mol. The number of fused-ring (bicyclic) bond motifs is 1. The van der Waals surface area contributed by atoms with E-state index in [2.05, 4.69) is 21.0 Å². The van der Waals surface area contributed by atoms with Crippen LogP contribution in [0.1, 0.15) is 10.5 Å². The number of pyridine rings is 1. The molecular formula is C8H5BrN2O2. The van der Waals surface area contributed by atoms with Crippen molar-refractivity contribution >= 4 is 27.4 Å². The van der Waals surface area contributed by atoms with E-state index in [1.807, 2.05) is 6.07 Å². The Balaban J connectivity index is 2.75. The average molecular weight is 241 g/mol. The number of carboxylic acids is 1. The summed E-state index contributed by atoms with van der Waals surface area (Å²) in [5.41, 5.74) is 0.798. The molecular weight excluding hydrogens is 236 g/mol. The van der Waals surface area contributed by atoms with Gasteiger partial charge in [0.2, 0.25) is 0 Å². The number of hydrogen-bond acceptors (Lipinski definition) is 2. The number of rotatable bonds is 1. The van der Waals surface area contributed by atoms with Crippen LogP contribution in [0.4, 0.5) is 0 Å². The largest absolute Gasteiger partial charge is 0.476 e. The zero-order valence-corrected chi connectivity index (χ0v) is 8.02. The first-order valence-electron chi connectivity index (χ1n) is 3.55. The lowest BCUT2D eigenvalue weighted by Crippen LogP contribution is -1.96. The normalized spacial score (nSPS) is 10.5. The molecule has 0 amide bonds. The zero-order valence-electron chi connectivity index (χ0n) is 6.44. The van der Waals surface area contributed by atoms with Crippen LogP contribution in [-0.2, 0) is 0 Å². The van der Waals surface area contributed by atoms with Crippen LogP contribution in [-0.4, -0.2) is 20.7 Å². The van der Waals surface area contributed by atoms with E-state index in [4.69, 9.17) is 5.11 Å². The molecule has 0 spiro atoms. The van der Waals surface area contributed by atoms with Crippen molar-refractivity contribution in [2.45, 2.75) is 0 Å². The van der Waals surface area contributed by atoms with Crippen molar-refractivity contribution in [2.24, 2.45) is 0 Å². The smallest absolute Gasteiger partial charge is 0.356 e. The van der Waals surface area contributed by atoms with Crippen molar-refractivity contribution in [2.75, 3.05) is 0 Å². The maximum Gasteiger partial charge on any atom is 0.356 e. The minimum Gasteiger partial charge on any atom is -0.476 e. The first-order chi connectivity index (χ1) is 6.18. The summed E-state index contributed by atoms with van der Waals surface area (Å²) in [6.07, 6.45) is 1.70. The molecule has 5 heteroatoms. The van der Waals surface area contributed by atoms with Crippen LogP contribution in [0.2, 0.25) is 0 Å². The molecule has 0 aliphatic rings. The van der Waals surface area contributed by atoms with Gasteiger partial charge in [-0.1, -0.05) is 0 Å². The van der Waals surface area contributed by atoms with Crippen LogP contribution >= 0.6 is 15.9 Å². The molecule has 0 fully saturated rings. The van der Waals surface area contributed by atoms with Gasteiger partial charge in [-0.25, -0.2) is 9.31 Å². The van der Waals surface area contributed by atoms with Crippen molar-refractivity contribution in [1.29, 1.82) is 0 Å². The van der Waals surface area contributed by atoms with Gasteiger partial charge in [0.05, 0.1) is 5.52 Å². The topological polar surface area (TPSA) is 54.6 Å². The molecule has 0 aromatic carbocycles. The third-order valence-electron chi connectivity index (χ3n) is 1.67. The van der Waals surface area contributed by atoms with E-state index >= 15 is 0 Å². The van der Waals surface area contributed by atoms with E-state index in [-0.39, 0.29) is 5.69 Å². The fourth-order valence-corrected chi connectivity index (χ4v) is 1.53. The van der Waals surface area contributed by atoms with Gasteiger partial charge in [0.15, 0.2) is 5.69 Å². The standard InChI is InChI=1S/C8H5BrN2O2/c9-5-2-1-3-11-7(5)4-6(10-11)8(12)13/h1-4H,(H,12,13). The molecule has 2 heterocycles. The van der Waals surface area contributed by atoms with Gasteiger partial charge in [0.1, 0.15) is 0 Å². The minimum atomic E-state index is -1.02. The lowest BCUT2D eigenvalue weighted by atomic mass is 10.3. The second-order valence-electron chi connectivity index (χ2n) is 2.52. The third kappa shape index (κ3) is 1.31. The molecule has 2 aromatic heterocycles. The molecule has 0 saturated heterocycles. The van der Waals surface area contributed by atoms with Crippen molar-refractivity contribution in [3.63, 3.8) is 0 Å². The SMILES string of the molecule is O=C(O)c1cc2c(Br)cccn2n1. The van der Waals surface area contributed by atoms with Gasteiger partial charge in [0, 0.05) is 10.7 Å². The van der Waals surface area contributed by atoms with Gasteiger partial charge in [-0.05, 0) is 34.1 Å². The fourth-order valence-electron chi connectivity index (χ4n) is 1.09. The zero-order chi connectivity index (χ0) is 9.42. The van der Waals surface area contributed by atoms with Crippen molar-refractivity contribution < 1.29 is 9.90 Å². The molecule has 0 unspecified atom stereocenters. The van der Waals surface area contributed by atoms with E-state index in [0.29, 0.717) is 0 Å². The Kier molecular flexibility index (Phi) is 1.81. The summed E-state index contributed by atoms with van der Waals surface area (Å²) in [7, 11) is 0. The van der Waals surface area contributed by atoms with E-state index < -0.39 is 5.97 Å². The molecule has 0 radical (unpaired) electrons. The van der Waals surface area contributed by atoms with Crippen molar-refractivity contribution in [1.82, 2.24) is 9.61 Å². The monoisotopic (exact) mass is 240 g/mol. The summed E-state index contributed by atoms with van der Waals surface area (Å²) in [5.74, 6) is -1.02. The second kappa shape index (κ2) is 2.85. The summed E-state index contributed by atoms with van der Waals surface area (Å²) in [6, 6.07) is 5.14. The number of aromatic carboxylic acids is 1. The predicted octanol–water partition coefficient (Wildman–Crippen LogP) is 1.79. The maximum atomic E-state index is 10.6. The summed E-state index contributed by atoms with van der Waals surface area (Å²) >= 11 is 3.31. The summed E-state index contributed by atoms with van der Waals surface area (Å²) in [5, 5.41) is 12.5. The van der Waals surface area contributed by atoms with E-state index in [9.17, 15) is 4.79 Å². The molecule has 66 valence electrons. The Hall–Kier alpha value is -1.36. The van der Waals surface area contributed by atoms with Gasteiger partial charge < -0.3 is 5.11 Å². The highest BCUT2D eigenvalue weighted by Gasteiger charge is 2.09. The van der Waals surface area contributed by atoms with E-state index in [0.717, 1.165) is 9.99 Å². The van der Waals surface area contributed by atoms with Crippen molar-refractivity contribution in [3.05, 3.63) is 34.6 Å². The van der Waals surface area contributed by atoms with Gasteiger partial charge in [-0.15, -0.1) is 0 Å². The molecule has 2 rings (SSSR count). The lowest BCUT2D eigenvalue weighted by molar-refractivity contribution is 0.0690. The summed E-state index contributed by atoms with van der Waals surface area (Å²) < 4.78 is 2.35. The number of aromatic nitrogens is 2. The van der Waals surface area contributed by atoms with Gasteiger partial charge >= 0.3 is 5.97 Å². The van der Waals surface area contributed by atoms with Crippen LogP contribution in [0, 0.1) is 0 Å². The van der Waals surface area contributed by atoms with Crippen LogP contribution in [0.5, 0.6) is 0 Å². The third-order valence-corrected chi connectivity index (χ3v) is 2.34. The number of halogens is 1. The average Bonchev–Trinajstić information content (AvgIpc) is 2.49. The Morgan fingerprint density at radius 3 is 3.00 bits per heavy atom. The van der Waals surface area contributed by atoms with Crippen LogP contribution in [0.15, 0.2) is 28.9 Å². The Labute approximate surface area is 81.9 Å². The van der Waals surface area contributed by atoms with Crippen LogP contribution < -0.4 is 0 Å². The quantitative estimate of drug-likeness (QED) is 0.828. The second-order valence-corrected chi connectivity index (χ2v) is 3.38. The Morgan fingerprint density at radius 1 is 1.62 bits per heavy atom. The molecule has 13 heavy (non-hydrogen) atoms.